The summed E-state index contributed by atoms with van der Waals surface area (Å²) in [6.45, 7) is 5.36. The van der Waals surface area contributed by atoms with Crippen LogP contribution in [-0.4, -0.2) is 57.1 Å². The molecule has 0 aliphatic heterocycles. The standard InChI is InChI=1S/C31H39N3O5S/c1-6-24(3)32-31(36)28(20-25-13-9-7-10-14-25)33(21-26-15-11-8-12-16-26)30(35)22-34(40(5,37)38)27-19-23(2)17-18-29(27)39-4/h7-19,24,28H,6,20-22H2,1-5H3,(H,32,36)/t24-,28+/m1/s1. The second-order valence-electron chi connectivity index (χ2n) is 9.98. The molecule has 0 saturated carbocycles. The molecule has 0 aromatic heterocycles. The number of sulfonamides is 1. The molecule has 40 heavy (non-hydrogen) atoms. The quantitative estimate of drug-likeness (QED) is 0.333. The van der Waals surface area contributed by atoms with Gasteiger partial charge in [0.05, 0.1) is 19.1 Å². The number of carbonyl (C=O) groups is 2. The molecule has 0 aliphatic carbocycles. The molecule has 2 amide bonds. The average molecular weight is 566 g/mol. The van der Waals surface area contributed by atoms with Crippen molar-refractivity contribution in [2.24, 2.45) is 0 Å². The van der Waals surface area contributed by atoms with E-state index < -0.39 is 28.5 Å². The van der Waals surface area contributed by atoms with Crippen LogP contribution in [0.2, 0.25) is 0 Å². The van der Waals surface area contributed by atoms with E-state index in [0.29, 0.717) is 5.75 Å². The zero-order valence-corrected chi connectivity index (χ0v) is 24.6. The van der Waals surface area contributed by atoms with Gasteiger partial charge < -0.3 is 15.0 Å². The van der Waals surface area contributed by atoms with E-state index in [2.05, 4.69) is 5.32 Å². The number of amides is 2. The fourth-order valence-electron chi connectivity index (χ4n) is 4.36. The number of anilines is 1. The van der Waals surface area contributed by atoms with Crippen LogP contribution in [0.1, 0.15) is 37.0 Å². The van der Waals surface area contributed by atoms with Crippen molar-refractivity contribution in [1.29, 1.82) is 0 Å². The summed E-state index contributed by atoms with van der Waals surface area (Å²) in [5.41, 5.74) is 2.79. The molecular formula is C31H39N3O5S. The number of aryl methyl sites for hydroxylation is 1. The minimum Gasteiger partial charge on any atom is -0.495 e. The van der Waals surface area contributed by atoms with Crippen LogP contribution in [0.4, 0.5) is 5.69 Å². The molecule has 0 unspecified atom stereocenters. The molecule has 1 N–H and O–H groups in total. The predicted octanol–water partition coefficient (Wildman–Crippen LogP) is 4.32. The summed E-state index contributed by atoms with van der Waals surface area (Å²) < 4.78 is 32.5. The van der Waals surface area contributed by atoms with E-state index in [4.69, 9.17) is 4.74 Å². The largest absolute Gasteiger partial charge is 0.495 e. The van der Waals surface area contributed by atoms with Gasteiger partial charge in [-0.25, -0.2) is 8.42 Å². The van der Waals surface area contributed by atoms with E-state index in [1.807, 2.05) is 81.4 Å². The van der Waals surface area contributed by atoms with Crippen LogP contribution in [0, 0.1) is 6.92 Å². The molecule has 9 heteroatoms. The van der Waals surface area contributed by atoms with Gasteiger partial charge >= 0.3 is 0 Å². The molecule has 0 heterocycles. The third kappa shape index (κ3) is 8.32. The summed E-state index contributed by atoms with van der Waals surface area (Å²) >= 11 is 0. The van der Waals surface area contributed by atoms with Gasteiger partial charge in [0, 0.05) is 19.0 Å². The van der Waals surface area contributed by atoms with E-state index in [1.54, 1.807) is 18.2 Å². The maximum Gasteiger partial charge on any atom is 0.244 e. The fraction of sp³-hybridized carbons (Fsp3) is 0.355. The van der Waals surface area contributed by atoms with Gasteiger partial charge in [-0.3, -0.25) is 13.9 Å². The Balaban J connectivity index is 2.08. The van der Waals surface area contributed by atoms with Gasteiger partial charge in [-0.1, -0.05) is 73.7 Å². The highest BCUT2D eigenvalue weighted by Gasteiger charge is 2.34. The summed E-state index contributed by atoms with van der Waals surface area (Å²) in [6.07, 6.45) is 2.06. The molecule has 2 atom stereocenters. The molecular weight excluding hydrogens is 526 g/mol. The number of ether oxygens (including phenoxy) is 1. The van der Waals surface area contributed by atoms with Crippen LogP contribution in [0.25, 0.3) is 0 Å². The lowest BCUT2D eigenvalue weighted by Gasteiger charge is -2.34. The Morgan fingerprint density at radius 2 is 1.55 bits per heavy atom. The first-order valence-corrected chi connectivity index (χ1v) is 15.2. The Bertz CT molecular complexity index is 1380. The minimum absolute atomic E-state index is 0.0940. The number of hydrogen-bond donors (Lipinski definition) is 1. The second-order valence-corrected chi connectivity index (χ2v) is 11.9. The Kier molecular flexibility index (Phi) is 10.7. The van der Waals surface area contributed by atoms with Crippen LogP contribution in [-0.2, 0) is 32.6 Å². The zero-order chi connectivity index (χ0) is 29.3. The Labute approximate surface area is 238 Å². The monoisotopic (exact) mass is 565 g/mol. The first kappa shape index (κ1) is 30.7. The van der Waals surface area contributed by atoms with Crippen molar-refractivity contribution in [3.8, 4) is 5.75 Å². The van der Waals surface area contributed by atoms with Crippen molar-refractivity contribution in [3.05, 3.63) is 95.6 Å². The van der Waals surface area contributed by atoms with Crippen LogP contribution >= 0.6 is 0 Å². The SMILES string of the molecule is CC[C@@H](C)NC(=O)[C@H](Cc1ccccc1)N(Cc1ccccc1)C(=O)CN(c1cc(C)ccc1OC)S(C)(=O)=O. The number of benzene rings is 3. The molecule has 8 nitrogen and oxygen atoms in total. The summed E-state index contributed by atoms with van der Waals surface area (Å²) in [5, 5.41) is 3.03. The minimum atomic E-state index is -3.89. The molecule has 0 radical (unpaired) electrons. The number of methoxy groups -OCH3 is 1. The van der Waals surface area contributed by atoms with Crippen molar-refractivity contribution >= 4 is 27.5 Å². The van der Waals surface area contributed by atoms with Gasteiger partial charge in [0.1, 0.15) is 18.3 Å². The molecule has 3 aromatic rings. The number of hydrogen-bond acceptors (Lipinski definition) is 5. The highest BCUT2D eigenvalue weighted by Crippen LogP contribution is 2.31. The first-order chi connectivity index (χ1) is 19.0. The maximum atomic E-state index is 14.2. The van der Waals surface area contributed by atoms with Crippen molar-refractivity contribution in [2.75, 3.05) is 24.2 Å². The molecule has 3 aromatic carbocycles. The smallest absolute Gasteiger partial charge is 0.244 e. The number of carbonyl (C=O) groups excluding carboxylic acids is 2. The van der Waals surface area contributed by atoms with E-state index in [1.165, 1.54) is 12.0 Å². The van der Waals surface area contributed by atoms with Crippen molar-refractivity contribution in [1.82, 2.24) is 10.2 Å². The van der Waals surface area contributed by atoms with Gasteiger partial charge in [0.2, 0.25) is 21.8 Å². The maximum absolute atomic E-state index is 14.2. The van der Waals surface area contributed by atoms with Crippen LogP contribution in [0.5, 0.6) is 5.75 Å². The van der Waals surface area contributed by atoms with E-state index in [9.17, 15) is 18.0 Å². The molecule has 0 aliphatic rings. The molecule has 0 fully saturated rings. The Morgan fingerprint density at radius 3 is 2.10 bits per heavy atom. The van der Waals surface area contributed by atoms with Crippen molar-refractivity contribution in [2.45, 2.75) is 52.2 Å². The summed E-state index contributed by atoms with van der Waals surface area (Å²) in [6, 6.07) is 23.0. The van der Waals surface area contributed by atoms with Crippen LogP contribution in [0.3, 0.4) is 0 Å². The van der Waals surface area contributed by atoms with Gasteiger partial charge in [0.25, 0.3) is 0 Å². The molecule has 3 rings (SSSR count). The summed E-state index contributed by atoms with van der Waals surface area (Å²) in [7, 11) is -2.44. The molecule has 0 spiro atoms. The molecule has 0 saturated heterocycles. The van der Waals surface area contributed by atoms with Gasteiger partial charge in [0.15, 0.2) is 0 Å². The van der Waals surface area contributed by atoms with Gasteiger partial charge in [-0.2, -0.15) is 0 Å². The number of rotatable bonds is 13. The number of nitrogens with one attached hydrogen (secondary N) is 1. The average Bonchev–Trinajstić information content (AvgIpc) is 2.93. The topological polar surface area (TPSA) is 96.0 Å². The lowest BCUT2D eigenvalue weighted by Crippen LogP contribution is -2.54. The number of nitrogens with zero attached hydrogens (tertiary/aromatic N) is 2. The van der Waals surface area contributed by atoms with E-state index >= 15 is 0 Å². The third-order valence-corrected chi connectivity index (χ3v) is 7.88. The first-order valence-electron chi connectivity index (χ1n) is 13.3. The highest BCUT2D eigenvalue weighted by atomic mass is 32.2. The lowest BCUT2D eigenvalue weighted by atomic mass is 10.0. The normalized spacial score (nSPS) is 12.7. The van der Waals surface area contributed by atoms with E-state index in [-0.39, 0.29) is 30.6 Å². The fourth-order valence-corrected chi connectivity index (χ4v) is 5.21. The summed E-state index contributed by atoms with van der Waals surface area (Å²) in [4.78, 5) is 29.3. The Hall–Kier alpha value is -3.85. The third-order valence-electron chi connectivity index (χ3n) is 6.75. The predicted molar refractivity (Wildman–Crippen MR) is 159 cm³/mol. The van der Waals surface area contributed by atoms with Crippen molar-refractivity contribution < 1.29 is 22.7 Å². The highest BCUT2D eigenvalue weighted by molar-refractivity contribution is 7.92. The van der Waals surface area contributed by atoms with Crippen LogP contribution < -0.4 is 14.4 Å². The zero-order valence-electron chi connectivity index (χ0n) is 23.8. The van der Waals surface area contributed by atoms with Gasteiger partial charge in [-0.15, -0.1) is 0 Å². The summed E-state index contributed by atoms with van der Waals surface area (Å²) in [5.74, 6) is -0.464. The van der Waals surface area contributed by atoms with Crippen LogP contribution in [0.15, 0.2) is 78.9 Å². The second kappa shape index (κ2) is 14.0. The van der Waals surface area contributed by atoms with Crippen molar-refractivity contribution in [3.63, 3.8) is 0 Å². The lowest BCUT2D eigenvalue weighted by molar-refractivity contribution is -0.140. The van der Waals surface area contributed by atoms with Gasteiger partial charge in [-0.05, 0) is 49.1 Å². The molecule has 214 valence electrons. The molecule has 0 bridgehead atoms. The Morgan fingerprint density at radius 1 is 0.950 bits per heavy atom. The van der Waals surface area contributed by atoms with E-state index in [0.717, 1.165) is 33.7 Å².